The van der Waals surface area contributed by atoms with Crippen molar-refractivity contribution in [1.29, 1.82) is 0 Å². The Morgan fingerprint density at radius 1 is 1.37 bits per heavy atom. The summed E-state index contributed by atoms with van der Waals surface area (Å²) in [4.78, 5) is 12.2. The first-order valence-electron chi connectivity index (χ1n) is 6.72. The Morgan fingerprint density at radius 3 is 2.79 bits per heavy atom. The first-order chi connectivity index (χ1) is 9.11. The summed E-state index contributed by atoms with van der Waals surface area (Å²) < 4.78 is 0.869. The minimum Gasteiger partial charge on any atom is -0.352 e. The molecule has 1 amide bonds. The summed E-state index contributed by atoms with van der Waals surface area (Å²) in [7, 11) is 0. The minimum atomic E-state index is 0.0205. The molecule has 1 fully saturated rings. The van der Waals surface area contributed by atoms with Gasteiger partial charge < -0.3 is 5.32 Å². The van der Waals surface area contributed by atoms with Crippen LogP contribution in [0.25, 0.3) is 0 Å². The maximum Gasteiger partial charge on any atom is 0.252 e. The molecule has 4 heteroatoms. The van der Waals surface area contributed by atoms with Crippen LogP contribution in [0.15, 0.2) is 22.7 Å². The Hall–Kier alpha value is -0.350. The third-order valence-electron chi connectivity index (χ3n) is 3.91. The van der Waals surface area contributed by atoms with Crippen LogP contribution < -0.4 is 5.32 Å². The second-order valence-electron chi connectivity index (χ2n) is 5.30. The smallest absolute Gasteiger partial charge is 0.252 e. The van der Waals surface area contributed by atoms with Gasteiger partial charge in [0, 0.05) is 16.3 Å². The van der Waals surface area contributed by atoms with Crippen molar-refractivity contribution in [1.82, 2.24) is 5.32 Å². The highest BCUT2D eigenvalue weighted by Crippen LogP contribution is 2.32. The zero-order valence-electron chi connectivity index (χ0n) is 11.1. The molecular weight excluding hydrogens is 370 g/mol. The predicted octanol–water partition coefficient (Wildman–Crippen LogP) is 4.30. The van der Waals surface area contributed by atoms with Gasteiger partial charge in [0.15, 0.2) is 0 Å². The third kappa shape index (κ3) is 3.82. The van der Waals surface area contributed by atoms with Crippen LogP contribution in [-0.4, -0.2) is 17.8 Å². The van der Waals surface area contributed by atoms with Gasteiger partial charge in [-0.2, -0.15) is 0 Å². The quantitative estimate of drug-likeness (QED) is 0.765. The Morgan fingerprint density at radius 2 is 2.11 bits per heavy atom. The number of benzene rings is 1. The summed E-state index contributed by atoms with van der Waals surface area (Å²) in [6, 6.07) is 5.83. The molecule has 1 N–H and O–H groups in total. The number of nitrogens with one attached hydrogen (secondary N) is 1. The Bertz CT molecular complexity index is 461. The van der Waals surface area contributed by atoms with Crippen molar-refractivity contribution >= 4 is 37.8 Å². The zero-order chi connectivity index (χ0) is 13.8. The molecule has 0 aliphatic heterocycles. The number of alkyl halides is 1. The van der Waals surface area contributed by atoms with E-state index in [1.165, 1.54) is 19.3 Å². The van der Waals surface area contributed by atoms with Crippen molar-refractivity contribution in [3.8, 4) is 0 Å². The van der Waals surface area contributed by atoms with Gasteiger partial charge in [-0.15, -0.1) is 0 Å². The number of carbonyl (C=O) groups excluding carboxylic acids is 1. The number of hydrogen-bond acceptors (Lipinski definition) is 1. The molecular formula is C15H19Br2NO. The van der Waals surface area contributed by atoms with E-state index in [0.717, 1.165) is 27.5 Å². The van der Waals surface area contributed by atoms with Crippen LogP contribution in [0.4, 0.5) is 0 Å². The van der Waals surface area contributed by atoms with Gasteiger partial charge in [0.05, 0.1) is 5.56 Å². The van der Waals surface area contributed by atoms with Crippen LogP contribution in [0.5, 0.6) is 0 Å². The summed E-state index contributed by atoms with van der Waals surface area (Å²) in [6.45, 7) is 2.81. The van der Waals surface area contributed by atoms with E-state index in [-0.39, 0.29) is 5.91 Å². The molecule has 0 radical (unpaired) electrons. The van der Waals surface area contributed by atoms with Crippen LogP contribution in [0.2, 0.25) is 0 Å². The summed E-state index contributed by atoms with van der Waals surface area (Å²) in [5.74, 6) is 1.35. The van der Waals surface area contributed by atoms with Crippen LogP contribution in [0.1, 0.15) is 35.2 Å². The Kier molecular flexibility index (Phi) is 5.46. The number of hydrogen-bond donors (Lipinski definition) is 1. The van der Waals surface area contributed by atoms with E-state index in [9.17, 15) is 4.79 Å². The van der Waals surface area contributed by atoms with Crippen LogP contribution >= 0.6 is 31.9 Å². The molecule has 104 valence electrons. The van der Waals surface area contributed by atoms with Gasteiger partial charge in [0.25, 0.3) is 5.91 Å². The highest BCUT2D eigenvalue weighted by atomic mass is 79.9. The topological polar surface area (TPSA) is 29.1 Å². The summed E-state index contributed by atoms with van der Waals surface area (Å²) >= 11 is 7.03. The number of carbonyl (C=O) groups is 1. The standard InChI is InChI=1S/C15H19Br2NO/c1-10-5-6-13(14(17)7-10)15(19)18-9-12-4-2-3-11(12)8-16/h5-7,11-12H,2-4,8-9H2,1H3,(H,18,19). The van der Waals surface area contributed by atoms with E-state index in [2.05, 4.69) is 37.2 Å². The molecule has 2 nitrogen and oxygen atoms in total. The second kappa shape index (κ2) is 6.89. The minimum absolute atomic E-state index is 0.0205. The fraction of sp³-hybridized carbons (Fsp3) is 0.533. The molecule has 2 atom stereocenters. The lowest BCUT2D eigenvalue weighted by molar-refractivity contribution is 0.0944. The van der Waals surface area contributed by atoms with Crippen LogP contribution in [0.3, 0.4) is 0 Å². The van der Waals surface area contributed by atoms with Crippen molar-refractivity contribution in [2.45, 2.75) is 26.2 Å². The van der Waals surface area contributed by atoms with Crippen molar-refractivity contribution < 1.29 is 4.79 Å². The average molecular weight is 389 g/mol. The van der Waals surface area contributed by atoms with E-state index in [0.29, 0.717) is 11.8 Å². The largest absolute Gasteiger partial charge is 0.352 e. The average Bonchev–Trinajstić information content (AvgIpc) is 2.83. The van der Waals surface area contributed by atoms with Crippen LogP contribution in [-0.2, 0) is 0 Å². The van der Waals surface area contributed by atoms with E-state index < -0.39 is 0 Å². The van der Waals surface area contributed by atoms with Gasteiger partial charge in [-0.3, -0.25) is 4.79 Å². The lowest BCUT2D eigenvalue weighted by atomic mass is 9.98. The first kappa shape index (κ1) is 15.0. The number of amides is 1. The van der Waals surface area contributed by atoms with E-state index in [1.807, 2.05) is 25.1 Å². The molecule has 0 aromatic heterocycles. The maximum atomic E-state index is 12.2. The number of aryl methyl sites for hydroxylation is 1. The summed E-state index contributed by atoms with van der Waals surface area (Å²) in [5, 5.41) is 4.12. The second-order valence-corrected chi connectivity index (χ2v) is 6.80. The van der Waals surface area contributed by atoms with E-state index in [1.54, 1.807) is 0 Å². The molecule has 0 saturated heterocycles. The van der Waals surface area contributed by atoms with Gasteiger partial charge in [-0.1, -0.05) is 28.4 Å². The SMILES string of the molecule is Cc1ccc(C(=O)NCC2CCCC2CBr)c(Br)c1. The molecule has 1 aromatic rings. The van der Waals surface area contributed by atoms with E-state index >= 15 is 0 Å². The summed E-state index contributed by atoms with van der Waals surface area (Å²) in [5.41, 5.74) is 1.87. The zero-order valence-corrected chi connectivity index (χ0v) is 14.3. The van der Waals surface area contributed by atoms with Crippen molar-refractivity contribution in [2.75, 3.05) is 11.9 Å². The molecule has 1 aromatic carbocycles. The van der Waals surface area contributed by atoms with Crippen molar-refractivity contribution in [2.24, 2.45) is 11.8 Å². The third-order valence-corrected chi connectivity index (χ3v) is 5.40. The Labute approximate surface area is 131 Å². The van der Waals surface area contributed by atoms with Gasteiger partial charge in [0.2, 0.25) is 0 Å². The van der Waals surface area contributed by atoms with Gasteiger partial charge in [0.1, 0.15) is 0 Å². The molecule has 1 aliphatic carbocycles. The summed E-state index contributed by atoms with van der Waals surface area (Å²) in [6.07, 6.45) is 3.79. The lowest BCUT2D eigenvalue weighted by Gasteiger charge is -2.18. The highest BCUT2D eigenvalue weighted by molar-refractivity contribution is 9.10. The molecule has 2 rings (SSSR count). The molecule has 0 spiro atoms. The van der Waals surface area contributed by atoms with Gasteiger partial charge in [-0.05, 0) is 65.2 Å². The van der Waals surface area contributed by atoms with E-state index in [4.69, 9.17) is 0 Å². The van der Waals surface area contributed by atoms with Crippen molar-refractivity contribution in [3.63, 3.8) is 0 Å². The fourth-order valence-corrected chi connectivity index (χ4v) is 4.23. The van der Waals surface area contributed by atoms with Crippen LogP contribution in [0, 0.1) is 18.8 Å². The Balaban J connectivity index is 1.94. The molecule has 19 heavy (non-hydrogen) atoms. The molecule has 1 aliphatic rings. The monoisotopic (exact) mass is 387 g/mol. The molecule has 2 unspecified atom stereocenters. The first-order valence-corrected chi connectivity index (χ1v) is 8.63. The van der Waals surface area contributed by atoms with Crippen molar-refractivity contribution in [3.05, 3.63) is 33.8 Å². The lowest BCUT2D eigenvalue weighted by Crippen LogP contribution is -2.31. The molecule has 0 bridgehead atoms. The number of rotatable bonds is 4. The van der Waals surface area contributed by atoms with Gasteiger partial charge >= 0.3 is 0 Å². The highest BCUT2D eigenvalue weighted by Gasteiger charge is 2.26. The predicted molar refractivity (Wildman–Crippen MR) is 85.8 cm³/mol. The molecule has 0 heterocycles. The maximum absolute atomic E-state index is 12.2. The van der Waals surface area contributed by atoms with Gasteiger partial charge in [-0.25, -0.2) is 0 Å². The normalized spacial score (nSPS) is 22.5. The fourth-order valence-electron chi connectivity index (χ4n) is 2.71. The number of halogens is 2. The molecule has 1 saturated carbocycles.